The van der Waals surface area contributed by atoms with E-state index in [0.29, 0.717) is 36.9 Å². The Morgan fingerprint density at radius 3 is 2.27 bits per heavy atom. The van der Waals surface area contributed by atoms with Gasteiger partial charge in [-0.25, -0.2) is 8.42 Å². The zero-order valence-electron chi connectivity index (χ0n) is 14.1. The summed E-state index contributed by atoms with van der Waals surface area (Å²) in [6.45, 7) is 2.39. The van der Waals surface area contributed by atoms with Crippen LogP contribution in [0.4, 0.5) is 17.1 Å². The van der Waals surface area contributed by atoms with E-state index in [1.807, 2.05) is 23.1 Å². The first-order valence-electron chi connectivity index (χ1n) is 7.99. The molecule has 0 aliphatic carbocycles. The van der Waals surface area contributed by atoms with Gasteiger partial charge in [0.25, 0.3) is 5.69 Å². The lowest BCUT2D eigenvalue weighted by atomic mass is 10.2. The molecule has 0 aromatic heterocycles. The molecule has 0 radical (unpaired) electrons. The number of halogens is 1. The monoisotopic (exact) mass is 395 g/mol. The number of benzene rings is 2. The van der Waals surface area contributed by atoms with Gasteiger partial charge in [0.15, 0.2) is 9.84 Å². The van der Waals surface area contributed by atoms with E-state index in [1.54, 1.807) is 6.07 Å². The highest BCUT2D eigenvalue weighted by Gasteiger charge is 2.25. The van der Waals surface area contributed by atoms with Crippen molar-refractivity contribution in [1.29, 1.82) is 0 Å². The molecule has 0 saturated carbocycles. The van der Waals surface area contributed by atoms with Crippen molar-refractivity contribution >= 4 is 38.5 Å². The molecule has 3 rings (SSSR count). The molecule has 2 aromatic rings. The summed E-state index contributed by atoms with van der Waals surface area (Å²) in [5, 5.41) is 12.0. The third-order valence-electron chi connectivity index (χ3n) is 4.37. The zero-order chi connectivity index (χ0) is 18.9. The minimum Gasteiger partial charge on any atom is -0.368 e. The topological polar surface area (TPSA) is 83.8 Å². The summed E-state index contributed by atoms with van der Waals surface area (Å²) in [6, 6.07) is 11.5. The van der Waals surface area contributed by atoms with E-state index in [2.05, 4.69) is 4.90 Å². The molecule has 26 heavy (non-hydrogen) atoms. The standard InChI is InChI=1S/C17H18ClN3O4S/c1-26(24,25)15-5-6-16(21(22)23)17(12-15)20-9-7-19(8-10-20)14-4-2-3-13(18)11-14/h2-6,11-12H,7-10H2,1H3. The van der Waals surface area contributed by atoms with Crippen LogP contribution in [-0.4, -0.2) is 45.8 Å². The second kappa shape index (κ2) is 7.13. The fourth-order valence-electron chi connectivity index (χ4n) is 3.02. The number of piperazine rings is 1. The van der Waals surface area contributed by atoms with E-state index in [9.17, 15) is 18.5 Å². The van der Waals surface area contributed by atoms with Crippen molar-refractivity contribution < 1.29 is 13.3 Å². The summed E-state index contributed by atoms with van der Waals surface area (Å²) in [5.41, 5.74) is 1.24. The van der Waals surface area contributed by atoms with Crippen LogP contribution in [0.3, 0.4) is 0 Å². The Hall–Kier alpha value is -2.32. The maximum absolute atomic E-state index is 11.8. The van der Waals surface area contributed by atoms with Crippen molar-refractivity contribution in [3.63, 3.8) is 0 Å². The number of nitrogens with zero attached hydrogens (tertiary/aromatic N) is 3. The first-order valence-corrected chi connectivity index (χ1v) is 10.3. The predicted octanol–water partition coefficient (Wildman–Crippen LogP) is 2.98. The molecule has 0 N–H and O–H groups in total. The Balaban J connectivity index is 1.85. The van der Waals surface area contributed by atoms with Crippen molar-refractivity contribution in [1.82, 2.24) is 0 Å². The van der Waals surface area contributed by atoms with E-state index >= 15 is 0 Å². The van der Waals surface area contributed by atoms with Crippen LogP contribution in [0.2, 0.25) is 5.02 Å². The van der Waals surface area contributed by atoms with Gasteiger partial charge in [0.05, 0.1) is 9.82 Å². The Bertz CT molecular complexity index is 941. The van der Waals surface area contributed by atoms with Crippen LogP contribution in [0.1, 0.15) is 0 Å². The average molecular weight is 396 g/mol. The van der Waals surface area contributed by atoms with Gasteiger partial charge < -0.3 is 9.80 Å². The van der Waals surface area contributed by atoms with Crippen LogP contribution in [-0.2, 0) is 9.84 Å². The molecule has 0 amide bonds. The van der Waals surface area contributed by atoms with Gasteiger partial charge in [0, 0.05) is 49.2 Å². The van der Waals surface area contributed by atoms with Crippen LogP contribution in [0.5, 0.6) is 0 Å². The van der Waals surface area contributed by atoms with Crippen molar-refractivity contribution in [2.45, 2.75) is 4.90 Å². The van der Waals surface area contributed by atoms with Crippen molar-refractivity contribution in [2.24, 2.45) is 0 Å². The van der Waals surface area contributed by atoms with Gasteiger partial charge in [0.2, 0.25) is 0 Å². The van der Waals surface area contributed by atoms with Crippen LogP contribution in [0.25, 0.3) is 0 Å². The largest absolute Gasteiger partial charge is 0.368 e. The second-order valence-corrected chi connectivity index (χ2v) is 8.59. The molecule has 1 fully saturated rings. The van der Waals surface area contributed by atoms with E-state index < -0.39 is 14.8 Å². The lowest BCUT2D eigenvalue weighted by molar-refractivity contribution is -0.384. The quantitative estimate of drug-likeness (QED) is 0.584. The fraction of sp³-hybridized carbons (Fsp3) is 0.294. The van der Waals surface area contributed by atoms with Gasteiger partial charge in [0.1, 0.15) is 5.69 Å². The molecule has 138 valence electrons. The summed E-state index contributed by atoms with van der Waals surface area (Å²) in [6.07, 6.45) is 1.09. The Labute approximate surface area is 156 Å². The lowest BCUT2D eigenvalue weighted by Gasteiger charge is -2.37. The fourth-order valence-corrected chi connectivity index (χ4v) is 3.85. The molecular formula is C17H18ClN3O4S. The van der Waals surface area contributed by atoms with Crippen molar-refractivity contribution in [3.05, 3.63) is 57.6 Å². The minimum absolute atomic E-state index is 0.0790. The SMILES string of the molecule is CS(=O)(=O)c1ccc([N+](=O)[O-])c(N2CCN(c3cccc(Cl)c3)CC2)c1. The van der Waals surface area contributed by atoms with Crippen molar-refractivity contribution in [2.75, 3.05) is 42.2 Å². The normalized spacial score (nSPS) is 15.2. The number of rotatable bonds is 4. The summed E-state index contributed by atoms with van der Waals surface area (Å²) in [5.74, 6) is 0. The molecule has 0 atom stereocenters. The van der Waals surface area contributed by atoms with Gasteiger partial charge in [-0.2, -0.15) is 0 Å². The molecule has 1 heterocycles. The van der Waals surface area contributed by atoms with Crippen LogP contribution in [0.15, 0.2) is 47.4 Å². The van der Waals surface area contributed by atoms with E-state index in [1.165, 1.54) is 18.2 Å². The van der Waals surface area contributed by atoms with E-state index in [0.717, 1.165) is 11.9 Å². The number of anilines is 2. The van der Waals surface area contributed by atoms with Gasteiger partial charge in [-0.3, -0.25) is 10.1 Å². The third kappa shape index (κ3) is 3.91. The van der Waals surface area contributed by atoms with Gasteiger partial charge in [-0.1, -0.05) is 17.7 Å². The highest BCUT2D eigenvalue weighted by Crippen LogP contribution is 2.32. The Morgan fingerprint density at radius 1 is 1.04 bits per heavy atom. The van der Waals surface area contributed by atoms with Gasteiger partial charge in [-0.05, 0) is 30.3 Å². The summed E-state index contributed by atoms with van der Waals surface area (Å²) < 4.78 is 23.6. The summed E-state index contributed by atoms with van der Waals surface area (Å²) >= 11 is 6.04. The maximum atomic E-state index is 11.8. The Morgan fingerprint density at radius 2 is 1.69 bits per heavy atom. The minimum atomic E-state index is -3.44. The molecule has 0 bridgehead atoms. The highest BCUT2D eigenvalue weighted by atomic mass is 35.5. The number of sulfone groups is 1. The molecule has 7 nitrogen and oxygen atoms in total. The molecule has 0 spiro atoms. The smallest absolute Gasteiger partial charge is 0.292 e. The molecule has 2 aromatic carbocycles. The number of hydrogen-bond donors (Lipinski definition) is 0. The lowest BCUT2D eigenvalue weighted by Crippen LogP contribution is -2.46. The molecule has 1 aliphatic rings. The molecule has 1 saturated heterocycles. The van der Waals surface area contributed by atoms with Crippen LogP contribution < -0.4 is 9.80 Å². The van der Waals surface area contributed by atoms with Gasteiger partial charge in [-0.15, -0.1) is 0 Å². The zero-order valence-corrected chi connectivity index (χ0v) is 15.7. The first-order chi connectivity index (χ1) is 12.3. The van der Waals surface area contributed by atoms with Gasteiger partial charge >= 0.3 is 0 Å². The highest BCUT2D eigenvalue weighted by molar-refractivity contribution is 7.90. The van der Waals surface area contributed by atoms with Crippen molar-refractivity contribution in [3.8, 4) is 0 Å². The van der Waals surface area contributed by atoms with E-state index in [-0.39, 0.29) is 10.6 Å². The summed E-state index contributed by atoms with van der Waals surface area (Å²) in [7, 11) is -3.44. The average Bonchev–Trinajstić information content (AvgIpc) is 2.60. The number of hydrogen-bond acceptors (Lipinski definition) is 6. The first kappa shape index (κ1) is 18.5. The molecule has 0 unspecified atom stereocenters. The molecule has 9 heteroatoms. The molecular weight excluding hydrogens is 378 g/mol. The number of nitro benzene ring substituents is 1. The van der Waals surface area contributed by atoms with Crippen LogP contribution in [0, 0.1) is 10.1 Å². The summed E-state index contributed by atoms with van der Waals surface area (Å²) in [4.78, 5) is 15.0. The maximum Gasteiger partial charge on any atom is 0.292 e. The Kier molecular flexibility index (Phi) is 5.06. The third-order valence-corrected chi connectivity index (χ3v) is 5.71. The predicted molar refractivity (Wildman–Crippen MR) is 102 cm³/mol. The second-order valence-electron chi connectivity index (χ2n) is 6.13. The number of nitro groups is 1. The molecule has 1 aliphatic heterocycles. The van der Waals surface area contributed by atoms with E-state index in [4.69, 9.17) is 11.6 Å². The van der Waals surface area contributed by atoms with Crippen LogP contribution >= 0.6 is 11.6 Å².